The fourth-order valence-electron chi connectivity index (χ4n) is 4.94. The van der Waals surface area contributed by atoms with E-state index < -0.39 is 56.6 Å². The van der Waals surface area contributed by atoms with Gasteiger partial charge in [-0.1, -0.05) is 87.5 Å². The van der Waals surface area contributed by atoms with Crippen LogP contribution in [0.3, 0.4) is 0 Å². The van der Waals surface area contributed by atoms with Crippen LogP contribution in [0.1, 0.15) is 59.7 Å². The zero-order valence-corrected chi connectivity index (χ0v) is 30.2. The van der Waals surface area contributed by atoms with Gasteiger partial charge in [0.05, 0.1) is 19.8 Å². The van der Waals surface area contributed by atoms with Crippen LogP contribution in [0, 0.1) is 0 Å². The summed E-state index contributed by atoms with van der Waals surface area (Å²) >= 11 is 0.728. The molecule has 14 heteroatoms. The Hall–Kier alpha value is -4.14. The number of nitrogens with zero attached hydrogens (tertiary/aromatic N) is 1. The van der Waals surface area contributed by atoms with Crippen LogP contribution in [0.25, 0.3) is 0 Å². The number of alkyl halides is 3. The molecule has 3 amide bonds. The van der Waals surface area contributed by atoms with Crippen molar-refractivity contribution in [2.45, 2.75) is 69.1 Å². The molecule has 0 saturated carbocycles. The van der Waals surface area contributed by atoms with Crippen LogP contribution in [-0.2, 0) is 14.0 Å². The molecule has 3 atom stereocenters. The third kappa shape index (κ3) is 10.2. The van der Waals surface area contributed by atoms with Gasteiger partial charge < -0.3 is 24.9 Å². The number of rotatable bonds is 14. The number of thiophene rings is 1. The summed E-state index contributed by atoms with van der Waals surface area (Å²) in [5, 5.41) is 14.4. The molecule has 1 heterocycles. The minimum Gasteiger partial charge on any atom is -0.465 e. The topological polar surface area (TPSA) is 117 Å². The average Bonchev–Trinajstić information content (AvgIpc) is 3.51. The molecule has 0 spiro atoms. The van der Waals surface area contributed by atoms with Gasteiger partial charge in [0.1, 0.15) is 6.04 Å². The van der Waals surface area contributed by atoms with Crippen molar-refractivity contribution in [3.63, 3.8) is 0 Å². The van der Waals surface area contributed by atoms with E-state index in [1.807, 2.05) is 33.9 Å². The van der Waals surface area contributed by atoms with Crippen LogP contribution in [0.2, 0.25) is 18.1 Å². The van der Waals surface area contributed by atoms with Gasteiger partial charge in [-0.25, -0.2) is 9.59 Å². The molecule has 0 saturated heterocycles. The lowest BCUT2D eigenvalue weighted by atomic mass is 9.84. The first-order chi connectivity index (χ1) is 22.9. The summed E-state index contributed by atoms with van der Waals surface area (Å²) in [6.07, 6.45) is -5.85. The summed E-state index contributed by atoms with van der Waals surface area (Å²) in [6, 6.07) is 15.0. The molecule has 3 aromatic rings. The van der Waals surface area contributed by atoms with Crippen LogP contribution in [0.5, 0.6) is 0 Å². The Morgan fingerprint density at radius 2 is 1.47 bits per heavy atom. The first-order valence-electron chi connectivity index (χ1n) is 15.6. The fraction of sp³-hybridized carbons (Fsp3) is 0.400. The molecule has 266 valence electrons. The van der Waals surface area contributed by atoms with Gasteiger partial charge in [-0.2, -0.15) is 13.2 Å². The van der Waals surface area contributed by atoms with Gasteiger partial charge >= 0.3 is 18.4 Å². The van der Waals surface area contributed by atoms with E-state index in [0.29, 0.717) is 16.0 Å². The zero-order valence-electron chi connectivity index (χ0n) is 28.4. The monoisotopic (exact) mass is 719 g/mol. The number of ether oxygens (including phenoxy) is 1. The number of nitrogens with one attached hydrogen (secondary N) is 2. The Kier molecular flexibility index (Phi) is 13.2. The quantitative estimate of drug-likeness (QED) is 0.114. The Morgan fingerprint density at radius 1 is 0.939 bits per heavy atom. The lowest BCUT2D eigenvalue weighted by molar-refractivity contribution is -0.163. The van der Waals surface area contributed by atoms with E-state index in [1.54, 1.807) is 60.7 Å². The molecule has 0 unspecified atom stereocenters. The maximum atomic E-state index is 14.8. The van der Waals surface area contributed by atoms with Crippen molar-refractivity contribution >= 4 is 37.7 Å². The second-order valence-electron chi connectivity index (χ2n) is 12.9. The van der Waals surface area contributed by atoms with Crippen LogP contribution in [0.4, 0.5) is 22.8 Å². The van der Waals surface area contributed by atoms with Crippen molar-refractivity contribution in [2.75, 3.05) is 20.3 Å². The number of carbonyl (C=O) groups excluding carboxylic acids is 2. The maximum absolute atomic E-state index is 14.8. The highest BCUT2D eigenvalue weighted by molar-refractivity contribution is 7.12. The Morgan fingerprint density at radius 3 is 1.92 bits per heavy atom. The number of carboxylic acid groups (broad SMARTS) is 1. The molecule has 3 N–H and O–H groups in total. The van der Waals surface area contributed by atoms with Crippen molar-refractivity contribution in [3.05, 3.63) is 106 Å². The lowest BCUT2D eigenvalue weighted by Crippen LogP contribution is -2.52. The van der Waals surface area contributed by atoms with E-state index in [0.717, 1.165) is 23.3 Å². The van der Waals surface area contributed by atoms with Crippen LogP contribution < -0.4 is 10.6 Å². The minimum absolute atomic E-state index is 0.0828. The molecule has 3 rings (SSSR count). The van der Waals surface area contributed by atoms with Crippen molar-refractivity contribution < 1.29 is 41.8 Å². The van der Waals surface area contributed by atoms with Gasteiger partial charge in [0.25, 0.3) is 0 Å². The summed E-state index contributed by atoms with van der Waals surface area (Å²) < 4.78 is 55.5. The molecule has 1 aromatic heterocycles. The van der Waals surface area contributed by atoms with E-state index in [1.165, 1.54) is 18.2 Å². The number of alkyl carbamates (subject to hydrolysis) is 1. The number of methoxy groups -OCH3 is 1. The maximum Gasteiger partial charge on any atom is 0.413 e. The number of amides is 3. The zero-order chi connectivity index (χ0) is 36.6. The number of hydrogen-bond donors (Lipinski definition) is 3. The molecular weight excluding hydrogens is 676 g/mol. The number of benzene rings is 2. The Bertz CT molecular complexity index is 1520. The number of carbonyl (C=O) groups is 3. The highest BCUT2D eigenvalue weighted by atomic mass is 32.1. The summed E-state index contributed by atoms with van der Waals surface area (Å²) in [5.74, 6) is -1.98. The van der Waals surface area contributed by atoms with E-state index in [2.05, 4.69) is 17.2 Å². The summed E-state index contributed by atoms with van der Waals surface area (Å²) in [4.78, 5) is 39.9. The van der Waals surface area contributed by atoms with Gasteiger partial charge in [0.15, 0.2) is 14.4 Å². The Labute approximate surface area is 290 Å². The van der Waals surface area contributed by atoms with Crippen LogP contribution >= 0.6 is 11.3 Å². The molecule has 0 aliphatic heterocycles. The average molecular weight is 720 g/mol. The third-order valence-corrected chi connectivity index (χ3v) is 14.4. The van der Waals surface area contributed by atoms with Crippen LogP contribution in [-0.4, -0.2) is 68.9 Å². The molecule has 0 bridgehead atoms. The summed E-state index contributed by atoms with van der Waals surface area (Å²) in [7, 11) is -1.30. The van der Waals surface area contributed by atoms with E-state index in [9.17, 15) is 32.7 Å². The molecule has 0 aliphatic rings. The molecule has 2 aromatic carbocycles. The van der Waals surface area contributed by atoms with Gasteiger partial charge in [0.2, 0.25) is 5.91 Å². The van der Waals surface area contributed by atoms with E-state index >= 15 is 0 Å². The first-order valence-corrected chi connectivity index (χ1v) is 19.3. The number of halogens is 3. The highest BCUT2D eigenvalue weighted by Gasteiger charge is 2.46. The second kappa shape index (κ2) is 16.5. The van der Waals surface area contributed by atoms with Crippen LogP contribution in [0.15, 0.2) is 85.5 Å². The predicted octanol–water partition coefficient (Wildman–Crippen LogP) is 8.25. The van der Waals surface area contributed by atoms with E-state index in [-0.39, 0.29) is 23.1 Å². The highest BCUT2D eigenvalue weighted by Crippen LogP contribution is 2.41. The van der Waals surface area contributed by atoms with Gasteiger partial charge in [-0.15, -0.1) is 17.9 Å². The third-order valence-electron chi connectivity index (χ3n) is 8.62. The largest absolute Gasteiger partial charge is 0.465 e. The van der Waals surface area contributed by atoms with Crippen molar-refractivity contribution in [1.29, 1.82) is 0 Å². The fourth-order valence-corrected chi connectivity index (χ4v) is 7.13. The minimum atomic E-state index is -4.96. The predicted molar refractivity (Wildman–Crippen MR) is 186 cm³/mol. The van der Waals surface area contributed by atoms with Gasteiger partial charge in [0, 0.05) is 22.2 Å². The number of hydrogen-bond acceptors (Lipinski definition) is 6. The molecule has 0 aliphatic carbocycles. The standard InChI is InChI=1S/C35H44F3N3O6SSi/c1-8-21-41(33(44)45)25(22-47-49(6,7)34(2,3)4)26-19-20-27(48-26)30(35(36,37)38)40-31(42)29(39-32(43)46-5)28(23-15-11-9-12-16-23)24-17-13-10-14-18-24/h8-20,25,28-30H,1,21-22H2,2-7H3,(H,39,43)(H,40,42)(H,44,45)/t25-,29+,30-/m1/s1. The Balaban J connectivity index is 2.06. The van der Waals surface area contributed by atoms with Gasteiger partial charge in [-0.05, 0) is 41.4 Å². The molecule has 0 fully saturated rings. The molecule has 0 radical (unpaired) electrons. The second-order valence-corrected chi connectivity index (χ2v) is 18.9. The lowest BCUT2D eigenvalue weighted by Gasteiger charge is -2.38. The van der Waals surface area contributed by atoms with Gasteiger partial charge in [-0.3, -0.25) is 9.69 Å². The smallest absolute Gasteiger partial charge is 0.413 e. The first kappa shape index (κ1) is 39.3. The summed E-state index contributed by atoms with van der Waals surface area (Å²) in [5.41, 5.74) is 1.15. The van der Waals surface area contributed by atoms with Crippen molar-refractivity contribution in [3.8, 4) is 0 Å². The van der Waals surface area contributed by atoms with Crippen molar-refractivity contribution in [1.82, 2.24) is 15.5 Å². The van der Waals surface area contributed by atoms with Crippen molar-refractivity contribution in [2.24, 2.45) is 0 Å². The SMILES string of the molecule is C=CCN(C(=O)O)[C@H](CO[Si](C)(C)C(C)(C)C)c1ccc([C@@H](NC(=O)[C@@H](NC(=O)OC)C(c2ccccc2)c2ccccc2)C(F)(F)F)s1. The molecule has 9 nitrogen and oxygen atoms in total. The molecular formula is C35H44F3N3O6SSi. The summed E-state index contributed by atoms with van der Waals surface area (Å²) in [6.45, 7) is 13.5. The normalized spacial score (nSPS) is 14.0. The van der Waals surface area contributed by atoms with E-state index in [4.69, 9.17) is 9.16 Å². The molecule has 49 heavy (non-hydrogen) atoms.